The maximum atomic E-state index is 12.2. The second kappa shape index (κ2) is 13.6. The van der Waals surface area contributed by atoms with Gasteiger partial charge in [-0.1, -0.05) is 32.1 Å². The summed E-state index contributed by atoms with van der Waals surface area (Å²) in [7, 11) is 1.33. The van der Waals surface area contributed by atoms with Gasteiger partial charge in [-0.05, 0) is 18.1 Å². The molecule has 2 N–H and O–H groups in total. The molecule has 5 atom stereocenters. The van der Waals surface area contributed by atoms with E-state index in [9.17, 15) is 19.8 Å². The minimum Gasteiger partial charge on any atom is -0.466 e. The Kier molecular flexibility index (Phi) is 11.9. The Hall–Kier alpha value is -1.55. The van der Waals surface area contributed by atoms with E-state index < -0.39 is 12.2 Å². The lowest BCUT2D eigenvalue weighted by Gasteiger charge is -2.19. The zero-order valence-electron chi connectivity index (χ0n) is 17.0. The van der Waals surface area contributed by atoms with Gasteiger partial charge in [0.05, 0.1) is 19.3 Å². The van der Waals surface area contributed by atoms with Crippen molar-refractivity contribution in [1.82, 2.24) is 0 Å². The highest BCUT2D eigenvalue weighted by Gasteiger charge is 2.39. The van der Waals surface area contributed by atoms with Crippen LogP contribution in [0.1, 0.15) is 39.5 Å². The van der Waals surface area contributed by atoms with E-state index in [1.807, 2.05) is 13.8 Å². The van der Waals surface area contributed by atoms with Gasteiger partial charge in [0, 0.05) is 42.9 Å². The van der Waals surface area contributed by atoms with E-state index in [0.29, 0.717) is 18.6 Å². The summed E-state index contributed by atoms with van der Waals surface area (Å²) in [5, 5.41) is 20.5. The number of hydrogen-bond donors (Lipinski definition) is 2. The van der Waals surface area contributed by atoms with Crippen molar-refractivity contribution in [2.24, 2.45) is 17.8 Å². The summed E-state index contributed by atoms with van der Waals surface area (Å²) >= 11 is 1.62. The summed E-state index contributed by atoms with van der Waals surface area (Å²) in [5.41, 5.74) is 0. The molecule has 0 aromatic rings. The molecule has 1 fully saturated rings. The number of rotatable bonds is 10. The molecule has 156 valence electrons. The van der Waals surface area contributed by atoms with Crippen LogP contribution in [-0.4, -0.2) is 52.8 Å². The molecule has 1 aliphatic rings. The maximum Gasteiger partial charge on any atom is 0.330 e. The van der Waals surface area contributed by atoms with Gasteiger partial charge >= 0.3 is 5.97 Å². The third-order valence-corrected chi connectivity index (χ3v) is 5.77. The number of ether oxygens (including phenoxy) is 1. The summed E-state index contributed by atoms with van der Waals surface area (Å²) in [6.45, 7) is 3.92. The van der Waals surface area contributed by atoms with Crippen LogP contribution >= 0.6 is 11.8 Å². The molecule has 0 aliphatic heterocycles. The normalized spacial score (nSPS) is 24.3. The van der Waals surface area contributed by atoms with E-state index in [0.717, 1.165) is 12.2 Å². The summed E-state index contributed by atoms with van der Waals surface area (Å²) < 4.78 is 4.53. The molecule has 28 heavy (non-hydrogen) atoms. The maximum absolute atomic E-state index is 12.2. The summed E-state index contributed by atoms with van der Waals surface area (Å²) in [4.78, 5) is 23.2. The number of ketones is 1. The number of thioether (sulfide) groups is 1. The molecule has 0 bridgehead atoms. The fraction of sp³-hybridized carbons (Fsp3) is 0.636. The van der Waals surface area contributed by atoms with Gasteiger partial charge in [-0.15, -0.1) is 11.8 Å². The van der Waals surface area contributed by atoms with Crippen LogP contribution < -0.4 is 0 Å². The van der Waals surface area contributed by atoms with Gasteiger partial charge in [-0.25, -0.2) is 4.79 Å². The first kappa shape index (κ1) is 24.5. The van der Waals surface area contributed by atoms with Crippen LogP contribution in [-0.2, 0) is 14.3 Å². The van der Waals surface area contributed by atoms with Crippen molar-refractivity contribution in [2.75, 3.05) is 18.6 Å². The molecule has 0 radical (unpaired) electrons. The van der Waals surface area contributed by atoms with Crippen molar-refractivity contribution in [3.05, 3.63) is 24.3 Å². The van der Waals surface area contributed by atoms with Crippen LogP contribution in [0.5, 0.6) is 0 Å². The number of carbonyl (C=O) groups is 2. The molecular weight excluding hydrogens is 376 g/mol. The van der Waals surface area contributed by atoms with E-state index in [4.69, 9.17) is 0 Å². The van der Waals surface area contributed by atoms with Crippen molar-refractivity contribution in [3.63, 3.8) is 0 Å². The first-order valence-corrected chi connectivity index (χ1v) is 10.9. The molecule has 0 unspecified atom stereocenters. The molecule has 1 aliphatic carbocycles. The highest BCUT2D eigenvalue weighted by molar-refractivity contribution is 7.99. The van der Waals surface area contributed by atoms with Crippen molar-refractivity contribution in [2.45, 2.75) is 51.7 Å². The minimum absolute atomic E-state index is 0.000140. The van der Waals surface area contributed by atoms with Crippen LogP contribution in [0.2, 0.25) is 0 Å². The Morgan fingerprint density at radius 1 is 1.43 bits per heavy atom. The van der Waals surface area contributed by atoms with Gasteiger partial charge in [0.25, 0.3) is 0 Å². The molecule has 0 saturated heterocycles. The molecule has 1 saturated carbocycles. The molecule has 5 nitrogen and oxygen atoms in total. The number of aliphatic hydroxyl groups excluding tert-OH is 2. The van der Waals surface area contributed by atoms with E-state index in [2.05, 4.69) is 16.6 Å². The largest absolute Gasteiger partial charge is 0.466 e. The topological polar surface area (TPSA) is 83.8 Å². The first-order valence-electron chi connectivity index (χ1n) is 9.75. The Balaban J connectivity index is 2.52. The standard InChI is InChI=1S/C22H32O5S/c1-4-5-6-8-16(2)19(23)11-10-17-18(21(25)15-20(17)24)12-14-28-13-7-9-22(26)27-3/h7,9-11,16-20,23-24H,4,8,12-15H2,1-3H3/b9-7+,11-10+/t16-,17+,18+,19-,20+/m0/s1. The molecule has 0 aromatic carbocycles. The van der Waals surface area contributed by atoms with Crippen LogP contribution in [0.25, 0.3) is 0 Å². The Labute approximate surface area is 172 Å². The molecule has 0 spiro atoms. The monoisotopic (exact) mass is 408 g/mol. The third kappa shape index (κ3) is 8.64. The zero-order chi connectivity index (χ0) is 20.9. The Morgan fingerprint density at radius 2 is 2.18 bits per heavy atom. The lowest BCUT2D eigenvalue weighted by molar-refractivity contribution is -0.134. The zero-order valence-corrected chi connectivity index (χ0v) is 17.8. The lowest BCUT2D eigenvalue weighted by atomic mass is 9.90. The quantitative estimate of drug-likeness (QED) is 0.190. The van der Waals surface area contributed by atoms with Crippen LogP contribution in [0.4, 0.5) is 0 Å². The summed E-state index contributed by atoms with van der Waals surface area (Å²) in [6.07, 6.45) is 7.52. The molecular formula is C22H32O5S. The smallest absolute Gasteiger partial charge is 0.330 e. The molecule has 0 heterocycles. The van der Waals surface area contributed by atoms with Gasteiger partial charge < -0.3 is 14.9 Å². The van der Waals surface area contributed by atoms with Crippen molar-refractivity contribution < 1.29 is 24.5 Å². The number of carbonyl (C=O) groups excluding carboxylic acids is 2. The lowest BCUT2D eigenvalue weighted by Crippen LogP contribution is -2.21. The van der Waals surface area contributed by atoms with Crippen molar-refractivity contribution in [1.29, 1.82) is 0 Å². The van der Waals surface area contributed by atoms with Gasteiger partial charge in [0.15, 0.2) is 0 Å². The molecule has 1 rings (SSSR count). The van der Waals surface area contributed by atoms with Gasteiger partial charge in [0.1, 0.15) is 5.78 Å². The highest BCUT2D eigenvalue weighted by Crippen LogP contribution is 2.34. The average Bonchev–Trinajstić information content (AvgIpc) is 2.94. The van der Waals surface area contributed by atoms with Gasteiger partial charge in [-0.2, -0.15) is 11.8 Å². The van der Waals surface area contributed by atoms with E-state index >= 15 is 0 Å². The van der Waals surface area contributed by atoms with Crippen molar-refractivity contribution >= 4 is 23.5 Å². The summed E-state index contributed by atoms with van der Waals surface area (Å²) in [5.74, 6) is 6.65. The van der Waals surface area contributed by atoms with Gasteiger partial charge in [-0.3, -0.25) is 4.79 Å². The fourth-order valence-corrected chi connectivity index (χ4v) is 3.90. The first-order chi connectivity index (χ1) is 13.4. The van der Waals surface area contributed by atoms with E-state index in [-0.39, 0.29) is 35.9 Å². The molecule has 0 aromatic heterocycles. The molecule has 6 heteroatoms. The van der Waals surface area contributed by atoms with E-state index in [1.54, 1.807) is 30.0 Å². The highest BCUT2D eigenvalue weighted by atomic mass is 32.2. The number of hydrogen-bond acceptors (Lipinski definition) is 6. The third-order valence-electron chi connectivity index (χ3n) is 4.81. The number of aliphatic hydroxyl groups is 2. The summed E-state index contributed by atoms with van der Waals surface area (Å²) in [6, 6.07) is 0. The van der Waals surface area contributed by atoms with Gasteiger partial charge in [0.2, 0.25) is 0 Å². The second-order valence-corrected chi connectivity index (χ2v) is 8.12. The SMILES string of the molecule is CCC#CC[C@H](C)[C@@H](O)/C=C/[C@H]1[C@H](O)CC(=O)[C@@H]1CCSC/C=C/C(=O)OC. The molecule has 0 amide bonds. The fourth-order valence-electron chi connectivity index (χ4n) is 3.08. The second-order valence-electron chi connectivity index (χ2n) is 6.97. The predicted molar refractivity (Wildman–Crippen MR) is 113 cm³/mol. The number of methoxy groups -OCH3 is 1. The van der Waals surface area contributed by atoms with Crippen LogP contribution in [0.3, 0.4) is 0 Å². The average molecular weight is 409 g/mol. The van der Waals surface area contributed by atoms with E-state index in [1.165, 1.54) is 13.2 Å². The number of esters is 1. The predicted octanol–water partition coefficient (Wildman–Crippen LogP) is 2.76. The van der Waals surface area contributed by atoms with Crippen molar-refractivity contribution in [3.8, 4) is 11.8 Å². The number of Topliss-reactive ketones (excluding diaryl/α,β-unsaturated/α-hetero) is 1. The Morgan fingerprint density at radius 3 is 2.86 bits per heavy atom. The van der Waals surface area contributed by atoms with Crippen LogP contribution in [0, 0.1) is 29.6 Å². The Bertz CT molecular complexity index is 616. The minimum atomic E-state index is -0.694. The van der Waals surface area contributed by atoms with Crippen LogP contribution in [0.15, 0.2) is 24.3 Å².